The van der Waals surface area contributed by atoms with Crippen LogP contribution < -0.4 is 63.9 Å². The van der Waals surface area contributed by atoms with E-state index in [1.165, 1.54) is 0 Å². The molecular weight excluding hydrogens is 1830 g/mol. The minimum atomic E-state index is -0.356. The molecular formula is C110H97Cl5N10O12. The Kier molecular flexibility index (Phi) is 31.6. The number of hydrogen-bond acceptors (Lipinski definition) is 12. The molecule has 5 aliphatic rings. The van der Waals surface area contributed by atoms with Crippen LogP contribution in [0.5, 0.6) is 17.2 Å². The highest BCUT2D eigenvalue weighted by atomic mass is 35.5. The summed E-state index contributed by atoms with van der Waals surface area (Å²) in [6.45, 7) is 6.43. The van der Waals surface area contributed by atoms with Crippen LogP contribution in [0.25, 0.3) is 60.5 Å². The molecule has 5 aromatic heterocycles. The zero-order valence-electron chi connectivity index (χ0n) is 75.1. The van der Waals surface area contributed by atoms with Crippen molar-refractivity contribution in [1.29, 1.82) is 0 Å². The molecule has 9 aromatic carbocycles. The Labute approximate surface area is 814 Å². The fourth-order valence-corrected chi connectivity index (χ4v) is 17.1. The second-order valence-corrected chi connectivity index (χ2v) is 36.4. The third kappa shape index (κ3) is 25.3. The molecule has 27 heteroatoms. The van der Waals surface area contributed by atoms with Crippen LogP contribution in [0.1, 0.15) is 147 Å². The zero-order valence-corrected chi connectivity index (χ0v) is 78.9. The monoisotopic (exact) mass is 1920 g/mol. The Morgan fingerprint density at radius 1 is 0.299 bits per heavy atom. The number of carbonyl (C=O) groups excluding carboxylic acids is 5. The van der Waals surface area contributed by atoms with Gasteiger partial charge in [-0.05, 0) is 195 Å². The summed E-state index contributed by atoms with van der Waals surface area (Å²) in [5.74, 6) is 2.37. The predicted molar refractivity (Wildman–Crippen MR) is 546 cm³/mol. The van der Waals surface area contributed by atoms with Gasteiger partial charge in [-0.3, -0.25) is 47.9 Å². The summed E-state index contributed by atoms with van der Waals surface area (Å²) < 4.78 is 11.5. The number of rotatable bonds is 19. The highest BCUT2D eigenvalue weighted by Gasteiger charge is 2.28. The number of fused-ring (bicyclic) bond motifs is 2. The summed E-state index contributed by atoms with van der Waals surface area (Å²) in [6.07, 6.45) is 16.2. The van der Waals surface area contributed by atoms with Gasteiger partial charge in [-0.15, -0.1) is 0 Å². The van der Waals surface area contributed by atoms with E-state index in [4.69, 9.17) is 67.5 Å². The fraction of sp³-hybridized carbons (Fsp3) is 0.182. The number of benzene rings is 9. The number of amides is 5. The maximum absolute atomic E-state index is 12.1. The Morgan fingerprint density at radius 2 is 0.628 bits per heavy atom. The standard InChI is InChI=1S/C23H19ClN2O3.C23H19ClN2O2.C22H25ClN2O3.2C21H17ClN2O2/c24-20-11-12-21(26-23(20)28)19(14-16-8-13-22(27)25-16)15-6-9-18(10-7-15)29-17-4-2-1-3-5-17;24-20-11-12-21(26-23(20)28)19(14-18-10-13-22(27)25-18)17-8-6-16(7-9-17)15-4-2-1-3-5-15;1-22(2,3)13-5-7-15(19(11-13)28-4)16(12-14-6-10-20(26)24-14)18-9-8-17(23)21(27)25-18;22-18-9-10-19(24-21(18)26)17(12-14-8-11-20(25)23-14)16-7-3-5-13-4-1-2-6-15(13)16;22-18-8-9-19(24-21(18)26)17(12-16-7-10-20(25)23-16)15-6-5-13-3-1-2-4-14(13)11-15/h1-7,9-12,14,16H,8,13H2,(H,25,27)(H,26,28);1-9,11-12,14,18H,10,13H2,(H,25,27)(H,26,28);5,7-9,11-12,14H,6,10H2,1-4H3,(H,24,26)(H,25,27);1-7,9-10,12,14H,8,11H2,(H,23,25)(H,24,26);1-6,8-9,11-12,16H,7,10H2,(H,23,25)(H,24,26)/b2*19-14+;16-12+;2*17-12+/t16-;18-;2*14-;16-/m11111/s1. The fourth-order valence-electron chi connectivity index (χ4n) is 16.6. The van der Waals surface area contributed by atoms with E-state index < -0.39 is 0 Å². The van der Waals surface area contributed by atoms with Crippen molar-refractivity contribution in [3.8, 4) is 28.4 Å². The maximum atomic E-state index is 12.1. The van der Waals surface area contributed by atoms with Crippen LogP contribution in [0, 0.1) is 0 Å². The van der Waals surface area contributed by atoms with Crippen molar-refractivity contribution in [3.63, 3.8) is 0 Å². The summed E-state index contributed by atoms with van der Waals surface area (Å²) in [4.78, 5) is 132. The number of halogens is 5. The first kappa shape index (κ1) is 96.9. The normalized spacial score (nSPS) is 17.2. The number of aromatic amines is 5. The van der Waals surface area contributed by atoms with E-state index in [0.29, 0.717) is 78.5 Å². The summed E-state index contributed by atoms with van der Waals surface area (Å²) in [5, 5.41) is 19.9. The van der Waals surface area contributed by atoms with Gasteiger partial charge in [0.1, 0.15) is 42.4 Å². The minimum absolute atomic E-state index is 0.0241. The highest BCUT2D eigenvalue weighted by molar-refractivity contribution is 6.31. The molecule has 14 aromatic rings. The molecule has 5 saturated heterocycles. The van der Waals surface area contributed by atoms with Crippen molar-refractivity contribution in [2.75, 3.05) is 7.11 Å². The highest BCUT2D eigenvalue weighted by Crippen LogP contribution is 2.39. The molecule has 0 saturated carbocycles. The summed E-state index contributed by atoms with van der Waals surface area (Å²) in [6, 6.07) is 86.5. The number of methoxy groups -OCH3 is 1. The van der Waals surface area contributed by atoms with Crippen LogP contribution in [0.15, 0.2) is 327 Å². The predicted octanol–water partition coefficient (Wildman–Crippen LogP) is 20.8. The lowest BCUT2D eigenvalue weighted by atomic mass is 9.85. The number of aromatic nitrogens is 5. The molecule has 22 nitrogen and oxygen atoms in total. The molecule has 0 spiro atoms. The number of para-hydroxylation sites is 1. The van der Waals surface area contributed by atoms with Gasteiger partial charge in [-0.25, -0.2) is 0 Å². The quantitative estimate of drug-likeness (QED) is 0.0361. The second kappa shape index (κ2) is 44.7. The molecule has 19 rings (SSSR count). The van der Waals surface area contributed by atoms with Crippen LogP contribution in [-0.2, 0) is 29.4 Å². The van der Waals surface area contributed by atoms with Crippen LogP contribution >= 0.6 is 58.0 Å². The second-order valence-electron chi connectivity index (χ2n) is 34.3. The lowest BCUT2D eigenvalue weighted by molar-refractivity contribution is -0.120. The van der Waals surface area contributed by atoms with E-state index in [9.17, 15) is 47.9 Å². The molecule has 0 bridgehead atoms. The van der Waals surface area contributed by atoms with Crippen molar-refractivity contribution < 1.29 is 33.4 Å². The van der Waals surface area contributed by atoms with Crippen molar-refractivity contribution in [2.24, 2.45) is 0 Å². The van der Waals surface area contributed by atoms with Crippen molar-refractivity contribution >= 4 is 137 Å². The molecule has 5 amide bonds. The van der Waals surface area contributed by atoms with Crippen molar-refractivity contribution in [2.45, 2.75) is 121 Å². The first-order chi connectivity index (χ1) is 66.1. The van der Waals surface area contributed by atoms with Gasteiger partial charge >= 0.3 is 0 Å². The Balaban J connectivity index is 0.000000130. The van der Waals surface area contributed by atoms with Gasteiger partial charge in [-0.1, -0.05) is 285 Å². The third-order valence-corrected chi connectivity index (χ3v) is 25.2. The van der Waals surface area contributed by atoms with E-state index in [1.54, 1.807) is 67.8 Å². The number of pyridine rings is 5. The molecule has 5 aliphatic heterocycles. The summed E-state index contributed by atoms with van der Waals surface area (Å²) >= 11 is 29.5. The Hall–Kier alpha value is -14.7. The number of hydrogen-bond donors (Lipinski definition) is 10. The molecule has 0 aliphatic carbocycles. The Morgan fingerprint density at radius 3 is 1.02 bits per heavy atom. The van der Waals surface area contributed by atoms with Gasteiger partial charge < -0.3 is 61.0 Å². The van der Waals surface area contributed by atoms with Gasteiger partial charge in [0.2, 0.25) is 29.5 Å². The third-order valence-electron chi connectivity index (χ3n) is 23.7. The van der Waals surface area contributed by atoms with E-state index in [0.717, 1.165) is 125 Å². The van der Waals surface area contributed by atoms with E-state index in [1.807, 2.05) is 170 Å². The molecule has 0 unspecified atom stereocenters. The first-order valence-corrected chi connectivity index (χ1v) is 46.7. The number of ether oxygens (including phenoxy) is 2. The SMILES string of the molecule is COc1cc(C(C)(C)C)ccc1/C(=C\[C@H]1CCC(=O)N1)c1ccc(Cl)c(=O)[nH]1.O=C1CC[C@H](/C=C(/c2ccc(Cl)c(=O)[nH]2)c2cccc3ccccc23)N1.O=C1CC[C@H](/C=C(\c2ccc(-c3ccccc3)cc2)c2ccc(Cl)c(=O)[nH]2)N1.O=C1CC[C@H](/C=C(\c2ccc(Oc3ccccc3)cc2)c2ccc(Cl)c(=O)[nH]2)N1.O=C1CC[C@H](/C=C(\c2ccc3ccccc3c2)c2ccc(Cl)c(=O)[nH]2)N1. The summed E-state index contributed by atoms with van der Waals surface area (Å²) in [5.41, 5.74) is 13.8. The van der Waals surface area contributed by atoms with Gasteiger partial charge in [0, 0.05) is 124 Å². The largest absolute Gasteiger partial charge is 0.496 e. The minimum Gasteiger partial charge on any atom is -0.496 e. The summed E-state index contributed by atoms with van der Waals surface area (Å²) in [7, 11) is 1.63. The molecule has 694 valence electrons. The molecule has 5 fully saturated rings. The molecule has 5 atom stereocenters. The van der Waals surface area contributed by atoms with Gasteiger partial charge in [-0.2, -0.15) is 0 Å². The average molecular weight is 1930 g/mol. The van der Waals surface area contributed by atoms with Crippen molar-refractivity contribution in [1.82, 2.24) is 51.5 Å². The molecule has 0 radical (unpaired) electrons. The van der Waals surface area contributed by atoms with Gasteiger partial charge in [0.05, 0.1) is 7.11 Å². The van der Waals surface area contributed by atoms with Crippen LogP contribution in [0.2, 0.25) is 25.1 Å². The van der Waals surface area contributed by atoms with E-state index >= 15 is 0 Å². The smallest absolute Gasteiger partial charge is 0.267 e. The number of H-pyrrole nitrogens is 5. The lowest BCUT2D eigenvalue weighted by Gasteiger charge is -2.22. The van der Waals surface area contributed by atoms with Crippen molar-refractivity contribution in [3.05, 3.63) is 442 Å². The number of carbonyl (C=O) groups is 5. The average Bonchev–Trinajstić information content (AvgIpc) is 1.15. The van der Waals surface area contributed by atoms with Crippen LogP contribution in [-0.4, -0.2) is 91.8 Å². The number of nitrogens with one attached hydrogen (secondary N) is 10. The zero-order chi connectivity index (χ0) is 96.4. The van der Waals surface area contributed by atoms with Crippen LogP contribution in [0.3, 0.4) is 0 Å². The van der Waals surface area contributed by atoms with Gasteiger partial charge in [0.25, 0.3) is 27.8 Å². The lowest BCUT2D eigenvalue weighted by Crippen LogP contribution is -2.23. The van der Waals surface area contributed by atoms with Gasteiger partial charge in [0.15, 0.2) is 0 Å². The van der Waals surface area contributed by atoms with E-state index in [-0.39, 0.29) is 118 Å². The molecule has 137 heavy (non-hydrogen) atoms. The molecule has 10 N–H and O–H groups in total. The van der Waals surface area contributed by atoms with E-state index in [2.05, 4.69) is 145 Å². The van der Waals surface area contributed by atoms with Crippen LogP contribution in [0.4, 0.5) is 0 Å². The topological polar surface area (TPSA) is 328 Å². The first-order valence-electron chi connectivity index (χ1n) is 44.8. The molecule has 10 heterocycles. The Bertz CT molecular complexity index is 7350. The maximum Gasteiger partial charge on any atom is 0.267 e.